The van der Waals surface area contributed by atoms with Crippen molar-refractivity contribution >= 4 is 23.2 Å². The van der Waals surface area contributed by atoms with Crippen molar-refractivity contribution in [2.45, 2.75) is 5.92 Å². The van der Waals surface area contributed by atoms with Crippen molar-refractivity contribution in [3.8, 4) is 11.5 Å². The van der Waals surface area contributed by atoms with E-state index in [1.54, 1.807) is 19.1 Å². The number of benzene rings is 1. The molecule has 2 aliphatic heterocycles. The van der Waals surface area contributed by atoms with Gasteiger partial charge in [0.15, 0.2) is 0 Å². The van der Waals surface area contributed by atoms with E-state index in [9.17, 15) is 9.59 Å². The third-order valence-electron chi connectivity index (χ3n) is 5.82. The van der Waals surface area contributed by atoms with Gasteiger partial charge in [-0.15, -0.1) is 11.3 Å². The number of ether oxygens (including phenoxy) is 3. The van der Waals surface area contributed by atoms with Gasteiger partial charge in [-0.3, -0.25) is 9.59 Å². The van der Waals surface area contributed by atoms with Gasteiger partial charge in [0.1, 0.15) is 11.5 Å². The zero-order valence-corrected chi connectivity index (χ0v) is 18.0. The summed E-state index contributed by atoms with van der Waals surface area (Å²) in [6.07, 6.45) is 0. The topological polar surface area (TPSA) is 68.3 Å². The van der Waals surface area contributed by atoms with E-state index in [4.69, 9.17) is 14.2 Å². The van der Waals surface area contributed by atoms with E-state index in [0.29, 0.717) is 55.8 Å². The summed E-state index contributed by atoms with van der Waals surface area (Å²) in [5.74, 6) is 0.933. The minimum atomic E-state index is -0.325. The summed E-state index contributed by atoms with van der Waals surface area (Å²) in [5, 5.41) is 1.89. The fourth-order valence-corrected chi connectivity index (χ4v) is 4.92. The van der Waals surface area contributed by atoms with Gasteiger partial charge < -0.3 is 24.0 Å². The summed E-state index contributed by atoms with van der Waals surface area (Å²) in [6, 6.07) is 9.34. The summed E-state index contributed by atoms with van der Waals surface area (Å²) in [7, 11) is 3.22. The highest BCUT2D eigenvalue weighted by atomic mass is 32.1. The Morgan fingerprint density at radius 2 is 1.87 bits per heavy atom. The van der Waals surface area contributed by atoms with Crippen molar-refractivity contribution in [2.24, 2.45) is 5.92 Å². The van der Waals surface area contributed by atoms with Crippen LogP contribution in [0.2, 0.25) is 0 Å². The molecule has 0 saturated carbocycles. The number of likely N-dealkylation sites (tertiary alicyclic amines) is 1. The second-order valence-corrected chi connectivity index (χ2v) is 8.39. The lowest BCUT2D eigenvalue weighted by Gasteiger charge is -2.31. The molecule has 2 fully saturated rings. The number of morpholine rings is 1. The summed E-state index contributed by atoms with van der Waals surface area (Å²) in [6.45, 7) is 3.13. The Labute approximate surface area is 180 Å². The van der Waals surface area contributed by atoms with Crippen LogP contribution >= 0.6 is 11.3 Å². The van der Waals surface area contributed by atoms with Crippen LogP contribution in [0.25, 0.3) is 0 Å². The van der Waals surface area contributed by atoms with E-state index in [0.717, 1.165) is 5.56 Å². The van der Waals surface area contributed by atoms with Crippen LogP contribution in [0, 0.1) is 5.92 Å². The molecular formula is C22H26N2O5S. The molecule has 1 aromatic heterocycles. The van der Waals surface area contributed by atoms with Gasteiger partial charge in [-0.2, -0.15) is 0 Å². The highest BCUT2D eigenvalue weighted by Crippen LogP contribution is 2.40. The van der Waals surface area contributed by atoms with E-state index < -0.39 is 0 Å². The maximum Gasteiger partial charge on any atom is 0.263 e. The number of methoxy groups -OCH3 is 2. The molecule has 8 heteroatoms. The number of amides is 2. The summed E-state index contributed by atoms with van der Waals surface area (Å²) >= 11 is 1.42. The van der Waals surface area contributed by atoms with E-state index >= 15 is 0 Å². The lowest BCUT2D eigenvalue weighted by Crippen LogP contribution is -2.45. The monoisotopic (exact) mass is 430 g/mol. The molecule has 0 bridgehead atoms. The largest absolute Gasteiger partial charge is 0.497 e. The number of carbonyl (C=O) groups excluding carboxylic acids is 2. The second kappa shape index (κ2) is 9.06. The fourth-order valence-electron chi connectivity index (χ4n) is 4.23. The maximum absolute atomic E-state index is 13.4. The molecule has 2 amide bonds. The molecule has 7 nitrogen and oxygen atoms in total. The van der Waals surface area contributed by atoms with E-state index in [2.05, 4.69) is 0 Å². The Kier molecular flexibility index (Phi) is 6.24. The molecule has 0 spiro atoms. The molecule has 160 valence electrons. The molecule has 0 radical (unpaired) electrons. The van der Waals surface area contributed by atoms with Gasteiger partial charge in [0.25, 0.3) is 5.91 Å². The van der Waals surface area contributed by atoms with Crippen LogP contribution in [0.4, 0.5) is 0 Å². The first-order valence-electron chi connectivity index (χ1n) is 10.0. The molecule has 3 heterocycles. The molecule has 2 atom stereocenters. The normalized spacial score (nSPS) is 21.5. The second-order valence-electron chi connectivity index (χ2n) is 7.45. The summed E-state index contributed by atoms with van der Waals surface area (Å²) in [5.41, 5.74) is 0.923. The number of nitrogens with zero attached hydrogens (tertiary/aromatic N) is 2. The lowest BCUT2D eigenvalue weighted by molar-refractivity contribution is -0.139. The van der Waals surface area contributed by atoms with Gasteiger partial charge in [-0.05, 0) is 17.5 Å². The maximum atomic E-state index is 13.4. The molecular weight excluding hydrogens is 404 g/mol. The zero-order valence-electron chi connectivity index (χ0n) is 17.2. The van der Waals surface area contributed by atoms with Crippen LogP contribution < -0.4 is 9.47 Å². The Morgan fingerprint density at radius 3 is 2.53 bits per heavy atom. The average molecular weight is 431 g/mol. The minimum absolute atomic E-state index is 0.0280. The van der Waals surface area contributed by atoms with Crippen molar-refractivity contribution < 1.29 is 23.8 Å². The molecule has 2 aromatic rings. The molecule has 2 aliphatic rings. The molecule has 0 N–H and O–H groups in total. The van der Waals surface area contributed by atoms with Crippen LogP contribution in [0.15, 0.2) is 35.7 Å². The Bertz CT molecular complexity index is 895. The Hall–Kier alpha value is -2.58. The highest BCUT2D eigenvalue weighted by molar-refractivity contribution is 7.12. The highest BCUT2D eigenvalue weighted by Gasteiger charge is 2.43. The number of rotatable bonds is 5. The number of hydrogen-bond acceptors (Lipinski definition) is 6. The molecule has 1 aromatic carbocycles. The third-order valence-corrected chi connectivity index (χ3v) is 6.68. The lowest BCUT2D eigenvalue weighted by atomic mass is 9.87. The van der Waals surface area contributed by atoms with E-state index in [-0.39, 0.29) is 23.7 Å². The Morgan fingerprint density at radius 1 is 1.07 bits per heavy atom. The van der Waals surface area contributed by atoms with E-state index in [1.165, 1.54) is 11.3 Å². The average Bonchev–Trinajstić information content (AvgIpc) is 3.49. The van der Waals surface area contributed by atoms with Crippen LogP contribution in [0.5, 0.6) is 11.5 Å². The summed E-state index contributed by atoms with van der Waals surface area (Å²) in [4.78, 5) is 30.8. The molecule has 4 rings (SSSR count). The zero-order chi connectivity index (χ0) is 21.1. The third kappa shape index (κ3) is 4.02. The predicted molar refractivity (Wildman–Crippen MR) is 113 cm³/mol. The quantitative estimate of drug-likeness (QED) is 0.729. The standard InChI is InChI=1S/C22H26N2O5S/c1-27-15-5-6-16(19(12-15)28-2)17-13-24(22(26)20-4-3-11-30-20)14-18(17)21(25)23-7-9-29-10-8-23/h3-6,11-12,17-18H,7-10,13-14H2,1-2H3/t17-,18-/m1/s1. The number of carbonyl (C=O) groups is 2. The van der Waals surface area contributed by atoms with Crippen LogP contribution in [-0.2, 0) is 9.53 Å². The van der Waals surface area contributed by atoms with Gasteiger partial charge in [0.2, 0.25) is 5.91 Å². The predicted octanol–water partition coefficient (Wildman–Crippen LogP) is 2.48. The molecule has 30 heavy (non-hydrogen) atoms. The van der Waals surface area contributed by atoms with Crippen LogP contribution in [0.1, 0.15) is 21.2 Å². The molecule has 2 saturated heterocycles. The van der Waals surface area contributed by atoms with Crippen LogP contribution in [0.3, 0.4) is 0 Å². The van der Waals surface area contributed by atoms with Crippen molar-refractivity contribution in [3.05, 3.63) is 46.2 Å². The van der Waals surface area contributed by atoms with Gasteiger partial charge >= 0.3 is 0 Å². The summed E-state index contributed by atoms with van der Waals surface area (Å²) < 4.78 is 16.3. The Balaban J connectivity index is 1.65. The molecule has 0 aliphatic carbocycles. The molecule has 0 unspecified atom stereocenters. The SMILES string of the molecule is COc1ccc([C@H]2CN(C(=O)c3cccs3)C[C@H]2C(=O)N2CCOCC2)c(OC)c1. The van der Waals surface area contributed by atoms with Crippen molar-refractivity contribution in [2.75, 3.05) is 53.6 Å². The van der Waals surface area contributed by atoms with Crippen molar-refractivity contribution in [1.82, 2.24) is 9.80 Å². The smallest absolute Gasteiger partial charge is 0.263 e. The fraction of sp³-hybridized carbons (Fsp3) is 0.455. The minimum Gasteiger partial charge on any atom is -0.497 e. The van der Waals surface area contributed by atoms with Crippen molar-refractivity contribution in [1.29, 1.82) is 0 Å². The van der Waals surface area contributed by atoms with E-state index in [1.807, 2.05) is 40.6 Å². The van der Waals surface area contributed by atoms with Crippen LogP contribution in [-0.4, -0.2) is 75.2 Å². The van der Waals surface area contributed by atoms with Gasteiger partial charge in [-0.25, -0.2) is 0 Å². The van der Waals surface area contributed by atoms with Gasteiger partial charge in [0.05, 0.1) is 38.2 Å². The van der Waals surface area contributed by atoms with Crippen molar-refractivity contribution in [3.63, 3.8) is 0 Å². The first-order valence-corrected chi connectivity index (χ1v) is 10.9. The van der Waals surface area contributed by atoms with Gasteiger partial charge in [0, 0.05) is 43.7 Å². The first-order chi connectivity index (χ1) is 14.6. The number of thiophene rings is 1. The van der Waals surface area contributed by atoms with Gasteiger partial charge in [-0.1, -0.05) is 12.1 Å². The first kappa shape index (κ1) is 20.7. The number of hydrogen-bond donors (Lipinski definition) is 0.